The van der Waals surface area contributed by atoms with E-state index in [4.69, 9.17) is 16.4 Å². The van der Waals surface area contributed by atoms with Crippen LogP contribution in [0.5, 0.6) is 0 Å². The van der Waals surface area contributed by atoms with Gasteiger partial charge in [0.1, 0.15) is 5.54 Å². The molecular weight excluding hydrogens is 328 g/mol. The van der Waals surface area contributed by atoms with Gasteiger partial charge in [0.05, 0.1) is 7.11 Å². The van der Waals surface area contributed by atoms with E-state index in [0.717, 1.165) is 16.7 Å². The number of Topliss-reactive ketones (excluding diaryl/α,β-unsaturated/α-hetero) is 1. The van der Waals surface area contributed by atoms with E-state index in [1.165, 1.54) is 0 Å². The summed E-state index contributed by atoms with van der Waals surface area (Å²) in [6.45, 7) is 7.03. The second-order valence-corrected chi connectivity index (χ2v) is 7.45. The number of ketones is 1. The molecule has 1 aromatic carbocycles. The number of piperidine rings is 1. The predicted octanol–water partition coefficient (Wildman–Crippen LogP) is 2.14. The molecule has 2 aliphatic heterocycles. The molecular formula is C18H23ClN2O3. The number of benzene rings is 1. The topological polar surface area (TPSA) is 58.6 Å². The Bertz CT molecular complexity index is 710. The number of halogens is 1. The third kappa shape index (κ3) is 2.38. The first-order valence-corrected chi connectivity index (χ1v) is 8.56. The number of hydrogen-bond donors (Lipinski definition) is 1. The number of aryl methyl sites for hydroxylation is 3. The van der Waals surface area contributed by atoms with E-state index >= 15 is 0 Å². The van der Waals surface area contributed by atoms with Crippen LogP contribution < -0.4 is 5.32 Å². The molecule has 2 aliphatic rings. The van der Waals surface area contributed by atoms with Gasteiger partial charge in [-0.05, 0) is 55.9 Å². The summed E-state index contributed by atoms with van der Waals surface area (Å²) in [7, 11) is 1.61. The number of hydrogen-bond acceptors (Lipinski definition) is 4. The van der Waals surface area contributed by atoms with E-state index in [1.807, 2.05) is 32.9 Å². The van der Waals surface area contributed by atoms with Gasteiger partial charge in [-0.2, -0.15) is 5.06 Å². The van der Waals surface area contributed by atoms with Crippen molar-refractivity contribution in [3.05, 3.63) is 34.4 Å². The van der Waals surface area contributed by atoms with Crippen molar-refractivity contribution < 1.29 is 14.4 Å². The molecule has 2 heterocycles. The monoisotopic (exact) mass is 350 g/mol. The lowest BCUT2D eigenvalue weighted by atomic mass is 9.79. The Morgan fingerprint density at radius 2 is 1.67 bits per heavy atom. The molecule has 0 aliphatic carbocycles. The Hall–Kier alpha value is -1.43. The number of alkyl halides is 1. The first-order valence-electron chi connectivity index (χ1n) is 8.18. The smallest absolute Gasteiger partial charge is 0.254 e. The van der Waals surface area contributed by atoms with Gasteiger partial charge in [-0.1, -0.05) is 23.7 Å². The van der Waals surface area contributed by atoms with Crippen LogP contribution in [0, 0.1) is 20.8 Å². The average Bonchev–Trinajstić information content (AvgIpc) is 2.74. The largest absolute Gasteiger partial charge is 0.341 e. The lowest BCUT2D eigenvalue weighted by Crippen LogP contribution is -2.54. The van der Waals surface area contributed by atoms with Crippen molar-refractivity contribution in [2.75, 3.05) is 20.2 Å². The predicted molar refractivity (Wildman–Crippen MR) is 91.9 cm³/mol. The first-order chi connectivity index (χ1) is 11.2. The van der Waals surface area contributed by atoms with Crippen LogP contribution in [0.4, 0.5) is 0 Å². The van der Waals surface area contributed by atoms with Gasteiger partial charge in [-0.15, -0.1) is 0 Å². The molecule has 1 amide bonds. The molecule has 0 saturated carbocycles. The summed E-state index contributed by atoms with van der Waals surface area (Å²) in [5.74, 6) is -0.643. The average molecular weight is 351 g/mol. The zero-order valence-electron chi connectivity index (χ0n) is 14.5. The number of carbonyl (C=O) groups excluding carboxylic acids is 2. The van der Waals surface area contributed by atoms with Crippen molar-refractivity contribution in [3.63, 3.8) is 0 Å². The van der Waals surface area contributed by atoms with Crippen LogP contribution in [-0.2, 0) is 19.3 Å². The highest BCUT2D eigenvalue weighted by atomic mass is 35.5. The first kappa shape index (κ1) is 17.4. The molecule has 24 heavy (non-hydrogen) atoms. The van der Waals surface area contributed by atoms with Crippen LogP contribution in [0.15, 0.2) is 12.1 Å². The minimum atomic E-state index is -1.64. The van der Waals surface area contributed by atoms with E-state index in [0.29, 0.717) is 31.5 Å². The van der Waals surface area contributed by atoms with E-state index in [1.54, 1.807) is 12.2 Å². The number of nitrogens with one attached hydrogen (secondary N) is 1. The summed E-state index contributed by atoms with van der Waals surface area (Å²) in [4.78, 5) is 29.6. The highest BCUT2D eigenvalue weighted by Crippen LogP contribution is 2.45. The van der Waals surface area contributed by atoms with E-state index in [2.05, 4.69) is 5.32 Å². The maximum Gasteiger partial charge on any atom is 0.254 e. The molecule has 1 spiro atoms. The van der Waals surface area contributed by atoms with Gasteiger partial charge in [0.25, 0.3) is 5.91 Å². The number of hydroxylamine groups is 2. The third-order valence-corrected chi connectivity index (χ3v) is 6.01. The quantitative estimate of drug-likeness (QED) is 0.656. The summed E-state index contributed by atoms with van der Waals surface area (Å²) >= 11 is 6.71. The van der Waals surface area contributed by atoms with Crippen LogP contribution >= 0.6 is 11.6 Å². The van der Waals surface area contributed by atoms with Crippen LogP contribution in [0.2, 0.25) is 0 Å². The molecule has 2 fully saturated rings. The van der Waals surface area contributed by atoms with Gasteiger partial charge in [-0.3, -0.25) is 9.59 Å². The molecule has 6 heteroatoms. The Kier molecular flexibility index (Phi) is 4.22. The van der Waals surface area contributed by atoms with Gasteiger partial charge >= 0.3 is 0 Å². The van der Waals surface area contributed by atoms with Crippen LogP contribution in [0.3, 0.4) is 0 Å². The number of amides is 1. The lowest BCUT2D eigenvalue weighted by Gasteiger charge is -2.37. The van der Waals surface area contributed by atoms with E-state index in [9.17, 15) is 9.59 Å². The van der Waals surface area contributed by atoms with Crippen molar-refractivity contribution in [2.24, 2.45) is 0 Å². The summed E-state index contributed by atoms with van der Waals surface area (Å²) in [5, 5.41) is 4.70. The van der Waals surface area contributed by atoms with E-state index in [-0.39, 0.29) is 5.78 Å². The molecule has 1 N–H and O–H groups in total. The van der Waals surface area contributed by atoms with E-state index < -0.39 is 16.3 Å². The summed E-state index contributed by atoms with van der Waals surface area (Å²) in [6.07, 6.45) is 1.01. The maximum absolute atomic E-state index is 13.3. The highest BCUT2D eigenvalue weighted by Gasteiger charge is 2.63. The molecule has 1 aromatic rings. The molecule has 5 nitrogen and oxygen atoms in total. The van der Waals surface area contributed by atoms with Crippen LogP contribution in [-0.4, -0.2) is 42.5 Å². The molecule has 130 valence electrons. The minimum absolute atomic E-state index is 0.233. The van der Waals surface area contributed by atoms with Gasteiger partial charge in [-0.25, -0.2) is 0 Å². The Morgan fingerprint density at radius 1 is 1.08 bits per heavy atom. The second-order valence-electron chi connectivity index (χ2n) is 6.89. The normalized spacial score (nSPS) is 26.9. The summed E-state index contributed by atoms with van der Waals surface area (Å²) < 4.78 is 0. The zero-order chi connectivity index (χ0) is 17.7. The van der Waals surface area contributed by atoms with Crippen molar-refractivity contribution in [2.45, 2.75) is 44.0 Å². The SMILES string of the molecule is CON1CCC2(CC1)NC(=O)C(Cl)(c1cc(C)c(C)cc1C)C2=O. The molecule has 1 atom stereocenters. The molecule has 0 radical (unpaired) electrons. The second kappa shape index (κ2) is 5.83. The lowest BCUT2D eigenvalue weighted by molar-refractivity contribution is -0.157. The molecule has 0 bridgehead atoms. The molecule has 2 saturated heterocycles. The summed E-state index contributed by atoms with van der Waals surface area (Å²) in [6, 6.07) is 3.85. The minimum Gasteiger partial charge on any atom is -0.341 e. The third-order valence-electron chi connectivity index (χ3n) is 5.46. The fourth-order valence-corrected chi connectivity index (χ4v) is 4.20. The Balaban J connectivity index is 2.01. The highest BCUT2D eigenvalue weighted by molar-refractivity contribution is 6.49. The zero-order valence-corrected chi connectivity index (χ0v) is 15.3. The summed E-state index contributed by atoms with van der Waals surface area (Å²) in [5.41, 5.74) is 2.71. The van der Waals surface area contributed by atoms with Crippen molar-refractivity contribution >= 4 is 23.3 Å². The Labute approximate surface area is 147 Å². The number of nitrogens with zero attached hydrogens (tertiary/aromatic N) is 1. The standard InChI is InChI=1S/C18H23ClN2O3/c1-11-9-13(3)14(10-12(11)2)18(19)15(22)17(20-16(18)23)5-7-21(24-4)8-6-17/h9-10H,5-8H2,1-4H3,(H,20,23). The van der Waals surface area contributed by atoms with Crippen LogP contribution in [0.1, 0.15) is 35.1 Å². The van der Waals surface area contributed by atoms with Gasteiger partial charge < -0.3 is 10.2 Å². The van der Waals surface area contributed by atoms with Gasteiger partial charge in [0, 0.05) is 13.1 Å². The Morgan fingerprint density at radius 3 is 2.25 bits per heavy atom. The van der Waals surface area contributed by atoms with Crippen molar-refractivity contribution in [3.8, 4) is 0 Å². The fraction of sp³-hybridized carbons (Fsp3) is 0.556. The van der Waals surface area contributed by atoms with Crippen molar-refractivity contribution in [1.29, 1.82) is 0 Å². The van der Waals surface area contributed by atoms with Crippen molar-refractivity contribution in [1.82, 2.24) is 10.4 Å². The van der Waals surface area contributed by atoms with Gasteiger partial charge in [0.2, 0.25) is 4.87 Å². The molecule has 1 unspecified atom stereocenters. The molecule has 3 rings (SSSR count). The number of rotatable bonds is 2. The molecule has 0 aromatic heterocycles. The fourth-order valence-electron chi connectivity index (χ4n) is 3.77. The number of carbonyl (C=O) groups is 2. The maximum atomic E-state index is 13.3. The van der Waals surface area contributed by atoms with Gasteiger partial charge in [0.15, 0.2) is 5.78 Å². The van der Waals surface area contributed by atoms with Crippen LogP contribution in [0.25, 0.3) is 0 Å².